The Balaban J connectivity index is 1.52. The Morgan fingerprint density at radius 3 is 2.31 bits per heavy atom. The second kappa shape index (κ2) is 10.5. The van der Waals surface area contributed by atoms with Gasteiger partial charge in [0.1, 0.15) is 23.8 Å². The average molecular weight is 447 g/mol. The topological polar surface area (TPSA) is 82.5 Å². The number of halogens is 3. The summed E-state index contributed by atoms with van der Waals surface area (Å²) < 4.78 is 47.9. The number of alkyl halides is 3. The maximum Gasteiger partial charge on any atom is 0.422 e. The fourth-order valence-electron chi connectivity index (χ4n) is 2.64. The number of benzene rings is 2. The summed E-state index contributed by atoms with van der Waals surface area (Å²) in [6.45, 7) is -0.893. The van der Waals surface area contributed by atoms with Crippen LogP contribution in [0.5, 0.6) is 11.5 Å². The highest BCUT2D eigenvalue weighted by molar-refractivity contribution is 5.91. The van der Waals surface area contributed by atoms with Crippen LogP contribution in [-0.4, -0.2) is 35.1 Å². The lowest BCUT2D eigenvalue weighted by molar-refractivity contribution is -0.153. The number of amides is 1. The Labute approximate surface area is 181 Å². The standard InChI is InChI=1S/C22H20F3N3O4/c23-22(24,25)15-32-18-8-6-16(7-9-18)14-26-21(30)19-10-11-20(29)28(27-19)12-13-31-17-4-2-1-3-5-17/h1-11H,12-15H2,(H,26,30). The van der Waals surface area contributed by atoms with E-state index in [0.717, 1.165) is 4.68 Å². The number of para-hydroxylation sites is 1. The molecule has 0 aliphatic heterocycles. The number of hydrogen-bond acceptors (Lipinski definition) is 5. The van der Waals surface area contributed by atoms with E-state index in [0.29, 0.717) is 11.3 Å². The summed E-state index contributed by atoms with van der Waals surface area (Å²) in [5.74, 6) is 0.230. The molecule has 0 unspecified atom stereocenters. The molecule has 7 nitrogen and oxygen atoms in total. The van der Waals surface area contributed by atoms with Crippen molar-refractivity contribution in [1.29, 1.82) is 0 Å². The van der Waals surface area contributed by atoms with E-state index in [1.165, 1.54) is 24.3 Å². The maximum absolute atomic E-state index is 12.4. The molecule has 0 bridgehead atoms. The van der Waals surface area contributed by atoms with Crippen LogP contribution in [-0.2, 0) is 13.1 Å². The number of aromatic nitrogens is 2. The first-order chi connectivity index (χ1) is 15.3. The van der Waals surface area contributed by atoms with Gasteiger partial charge in [-0.2, -0.15) is 18.3 Å². The molecule has 1 heterocycles. The van der Waals surface area contributed by atoms with Crippen molar-refractivity contribution in [2.45, 2.75) is 19.3 Å². The predicted molar refractivity (Wildman–Crippen MR) is 110 cm³/mol. The number of carbonyl (C=O) groups excluding carboxylic acids is 1. The first kappa shape index (κ1) is 22.9. The lowest BCUT2D eigenvalue weighted by Gasteiger charge is -2.10. The zero-order valence-corrected chi connectivity index (χ0v) is 16.8. The van der Waals surface area contributed by atoms with Crippen LogP contribution in [0.15, 0.2) is 71.5 Å². The van der Waals surface area contributed by atoms with Crippen LogP contribution in [0, 0.1) is 0 Å². The van der Waals surface area contributed by atoms with Crippen molar-refractivity contribution in [3.05, 3.63) is 88.3 Å². The molecular weight excluding hydrogens is 427 g/mol. The van der Waals surface area contributed by atoms with Crippen molar-refractivity contribution < 1.29 is 27.4 Å². The van der Waals surface area contributed by atoms with Crippen molar-refractivity contribution >= 4 is 5.91 Å². The second-order valence-electron chi connectivity index (χ2n) is 6.67. The van der Waals surface area contributed by atoms with E-state index < -0.39 is 18.7 Å². The first-order valence-electron chi connectivity index (χ1n) is 9.63. The third-order valence-electron chi connectivity index (χ3n) is 4.19. The molecule has 3 rings (SSSR count). The van der Waals surface area contributed by atoms with Crippen LogP contribution >= 0.6 is 0 Å². The molecular formula is C22H20F3N3O4. The second-order valence-corrected chi connectivity index (χ2v) is 6.67. The third-order valence-corrected chi connectivity index (χ3v) is 4.19. The average Bonchev–Trinajstić information content (AvgIpc) is 2.78. The van der Waals surface area contributed by atoms with Gasteiger partial charge in [-0.25, -0.2) is 4.68 Å². The maximum atomic E-state index is 12.4. The Morgan fingerprint density at radius 1 is 0.938 bits per heavy atom. The monoisotopic (exact) mass is 447 g/mol. The van der Waals surface area contributed by atoms with Gasteiger partial charge < -0.3 is 14.8 Å². The van der Waals surface area contributed by atoms with Crippen LogP contribution in [0.4, 0.5) is 13.2 Å². The summed E-state index contributed by atoms with van der Waals surface area (Å²) in [5, 5.41) is 6.71. The van der Waals surface area contributed by atoms with Gasteiger partial charge in [0.2, 0.25) is 0 Å². The molecule has 10 heteroatoms. The van der Waals surface area contributed by atoms with E-state index in [2.05, 4.69) is 15.2 Å². The van der Waals surface area contributed by atoms with Crippen LogP contribution < -0.4 is 20.3 Å². The highest BCUT2D eigenvalue weighted by Gasteiger charge is 2.28. The molecule has 0 aliphatic rings. The SMILES string of the molecule is O=C(NCc1ccc(OCC(F)(F)F)cc1)c1ccc(=O)n(CCOc2ccccc2)n1. The molecule has 2 aromatic carbocycles. The molecule has 0 atom stereocenters. The molecule has 1 amide bonds. The number of carbonyl (C=O) groups is 1. The molecule has 32 heavy (non-hydrogen) atoms. The van der Waals surface area contributed by atoms with E-state index in [4.69, 9.17) is 4.74 Å². The van der Waals surface area contributed by atoms with Crippen LogP contribution in [0.2, 0.25) is 0 Å². The molecule has 1 aromatic heterocycles. The van der Waals surface area contributed by atoms with E-state index >= 15 is 0 Å². The summed E-state index contributed by atoms with van der Waals surface area (Å²) >= 11 is 0. The van der Waals surface area contributed by atoms with Crippen molar-refractivity contribution in [3.8, 4) is 11.5 Å². The third kappa shape index (κ3) is 7.15. The van der Waals surface area contributed by atoms with Gasteiger partial charge in [-0.1, -0.05) is 30.3 Å². The largest absolute Gasteiger partial charge is 0.492 e. The Bertz CT molecular complexity index is 1080. The summed E-state index contributed by atoms with van der Waals surface area (Å²) in [4.78, 5) is 24.4. The van der Waals surface area contributed by atoms with Crippen molar-refractivity contribution in [2.24, 2.45) is 0 Å². The summed E-state index contributed by atoms with van der Waals surface area (Å²) in [5.41, 5.74) is 0.337. The van der Waals surface area contributed by atoms with Crippen LogP contribution in [0.1, 0.15) is 16.1 Å². The van der Waals surface area contributed by atoms with Gasteiger partial charge >= 0.3 is 6.18 Å². The highest BCUT2D eigenvalue weighted by Crippen LogP contribution is 2.18. The first-order valence-corrected chi connectivity index (χ1v) is 9.63. The molecule has 0 saturated heterocycles. The molecule has 1 N–H and O–H groups in total. The number of ether oxygens (including phenoxy) is 2. The minimum atomic E-state index is -4.41. The minimum Gasteiger partial charge on any atom is -0.492 e. The normalized spacial score (nSPS) is 11.1. The lowest BCUT2D eigenvalue weighted by atomic mass is 10.2. The fraction of sp³-hybridized carbons (Fsp3) is 0.227. The van der Waals surface area contributed by atoms with Gasteiger partial charge in [0.15, 0.2) is 6.61 Å². The van der Waals surface area contributed by atoms with Gasteiger partial charge in [0.05, 0.1) is 6.54 Å². The summed E-state index contributed by atoms with van der Waals surface area (Å²) in [6.07, 6.45) is -4.41. The van der Waals surface area contributed by atoms with Gasteiger partial charge in [-0.05, 0) is 35.9 Å². The van der Waals surface area contributed by atoms with E-state index in [9.17, 15) is 22.8 Å². The van der Waals surface area contributed by atoms with Crippen molar-refractivity contribution in [3.63, 3.8) is 0 Å². The van der Waals surface area contributed by atoms with Crippen LogP contribution in [0.3, 0.4) is 0 Å². The van der Waals surface area contributed by atoms with Gasteiger partial charge in [0, 0.05) is 12.6 Å². The zero-order valence-electron chi connectivity index (χ0n) is 16.8. The zero-order chi connectivity index (χ0) is 23.0. The molecule has 3 aromatic rings. The summed E-state index contributed by atoms with van der Waals surface area (Å²) in [6, 6.07) is 17.5. The molecule has 0 spiro atoms. The fourth-order valence-corrected chi connectivity index (χ4v) is 2.64. The molecule has 0 saturated carbocycles. The van der Waals surface area contributed by atoms with Gasteiger partial charge in [0.25, 0.3) is 11.5 Å². The van der Waals surface area contributed by atoms with E-state index in [1.807, 2.05) is 18.2 Å². The number of nitrogens with one attached hydrogen (secondary N) is 1. The smallest absolute Gasteiger partial charge is 0.422 e. The number of nitrogens with zero attached hydrogens (tertiary/aromatic N) is 2. The van der Waals surface area contributed by atoms with E-state index in [-0.39, 0.29) is 36.7 Å². The number of hydrogen-bond donors (Lipinski definition) is 1. The van der Waals surface area contributed by atoms with Crippen molar-refractivity contribution in [2.75, 3.05) is 13.2 Å². The Morgan fingerprint density at radius 2 is 1.62 bits per heavy atom. The predicted octanol–water partition coefficient (Wildman–Crippen LogP) is 3.19. The molecule has 168 valence electrons. The molecule has 0 aliphatic carbocycles. The summed E-state index contributed by atoms with van der Waals surface area (Å²) in [7, 11) is 0. The van der Waals surface area contributed by atoms with Crippen LogP contribution in [0.25, 0.3) is 0 Å². The molecule has 0 fully saturated rings. The quantitative estimate of drug-likeness (QED) is 0.545. The lowest BCUT2D eigenvalue weighted by Crippen LogP contribution is -2.30. The Hall–Kier alpha value is -3.82. The molecule has 0 radical (unpaired) electrons. The van der Waals surface area contributed by atoms with Crippen molar-refractivity contribution in [1.82, 2.24) is 15.1 Å². The van der Waals surface area contributed by atoms with E-state index in [1.54, 1.807) is 24.3 Å². The minimum absolute atomic E-state index is 0.0504. The Kier molecular flexibility index (Phi) is 7.48. The van der Waals surface area contributed by atoms with Gasteiger partial charge in [-0.3, -0.25) is 9.59 Å². The highest BCUT2D eigenvalue weighted by atomic mass is 19.4. The number of rotatable bonds is 9. The van der Waals surface area contributed by atoms with Gasteiger partial charge in [-0.15, -0.1) is 0 Å².